The lowest BCUT2D eigenvalue weighted by molar-refractivity contribution is -0.120. The molecule has 1 aromatic heterocycles. The van der Waals surface area contributed by atoms with Crippen LogP contribution in [0.5, 0.6) is 0 Å². The summed E-state index contributed by atoms with van der Waals surface area (Å²) < 4.78 is 0. The molecule has 0 unspecified atom stereocenters. The standard InChI is InChI=1S/C9H14N4O2/c1-2-3-6(8(10)14)13-9(15)7-4-11-5-12-7/h4-6H,2-3H2,1H3,(H2,10,14)(H,11,12)(H,13,15)/t6-/m0/s1. The minimum atomic E-state index is -0.620. The zero-order valence-electron chi connectivity index (χ0n) is 8.49. The Morgan fingerprint density at radius 2 is 2.40 bits per heavy atom. The second-order valence-electron chi connectivity index (χ2n) is 3.18. The molecule has 0 bridgehead atoms. The van der Waals surface area contributed by atoms with Gasteiger partial charge in [-0.25, -0.2) is 4.98 Å². The highest BCUT2D eigenvalue weighted by atomic mass is 16.2. The number of aromatic amines is 1. The molecule has 1 rings (SSSR count). The van der Waals surface area contributed by atoms with E-state index in [0.29, 0.717) is 12.1 Å². The Bertz CT molecular complexity index is 334. The third-order valence-electron chi connectivity index (χ3n) is 1.97. The van der Waals surface area contributed by atoms with Crippen molar-refractivity contribution >= 4 is 11.8 Å². The van der Waals surface area contributed by atoms with Gasteiger partial charge in [0.2, 0.25) is 5.91 Å². The van der Waals surface area contributed by atoms with Crippen molar-refractivity contribution in [2.45, 2.75) is 25.8 Å². The van der Waals surface area contributed by atoms with Crippen molar-refractivity contribution in [1.82, 2.24) is 15.3 Å². The van der Waals surface area contributed by atoms with Gasteiger partial charge in [-0.05, 0) is 6.42 Å². The van der Waals surface area contributed by atoms with Crippen LogP contribution < -0.4 is 11.1 Å². The maximum atomic E-state index is 11.5. The van der Waals surface area contributed by atoms with Gasteiger partial charge in [-0.3, -0.25) is 9.59 Å². The van der Waals surface area contributed by atoms with Crippen LogP contribution in [0, 0.1) is 0 Å². The fourth-order valence-corrected chi connectivity index (χ4v) is 1.19. The Labute approximate surface area is 87.3 Å². The maximum Gasteiger partial charge on any atom is 0.269 e. The van der Waals surface area contributed by atoms with Gasteiger partial charge in [0.1, 0.15) is 11.7 Å². The molecular weight excluding hydrogens is 196 g/mol. The first-order chi connectivity index (χ1) is 7.15. The van der Waals surface area contributed by atoms with Gasteiger partial charge in [0.25, 0.3) is 5.91 Å². The molecule has 82 valence electrons. The largest absolute Gasteiger partial charge is 0.368 e. The van der Waals surface area contributed by atoms with Crippen LogP contribution in [-0.4, -0.2) is 27.8 Å². The number of nitrogens with zero attached hydrogens (tertiary/aromatic N) is 1. The third kappa shape index (κ3) is 3.08. The monoisotopic (exact) mass is 210 g/mol. The zero-order valence-corrected chi connectivity index (χ0v) is 8.49. The summed E-state index contributed by atoms with van der Waals surface area (Å²) in [5, 5.41) is 2.54. The Balaban J connectivity index is 2.59. The number of carbonyl (C=O) groups is 2. The van der Waals surface area contributed by atoms with Gasteiger partial charge in [-0.2, -0.15) is 0 Å². The summed E-state index contributed by atoms with van der Waals surface area (Å²) in [6, 6.07) is -0.620. The fourth-order valence-electron chi connectivity index (χ4n) is 1.19. The van der Waals surface area contributed by atoms with Crippen LogP contribution in [0.15, 0.2) is 12.5 Å². The van der Waals surface area contributed by atoms with Crippen LogP contribution in [0.3, 0.4) is 0 Å². The van der Waals surface area contributed by atoms with Crippen molar-refractivity contribution in [2.75, 3.05) is 0 Å². The summed E-state index contributed by atoms with van der Waals surface area (Å²) >= 11 is 0. The fraction of sp³-hybridized carbons (Fsp3) is 0.444. The van der Waals surface area contributed by atoms with Crippen molar-refractivity contribution in [3.63, 3.8) is 0 Å². The maximum absolute atomic E-state index is 11.5. The molecule has 1 aromatic rings. The number of nitrogens with two attached hydrogens (primary N) is 1. The molecule has 0 aliphatic heterocycles. The van der Waals surface area contributed by atoms with E-state index < -0.39 is 11.9 Å². The van der Waals surface area contributed by atoms with E-state index in [2.05, 4.69) is 15.3 Å². The van der Waals surface area contributed by atoms with E-state index >= 15 is 0 Å². The van der Waals surface area contributed by atoms with Crippen LogP contribution in [0.4, 0.5) is 0 Å². The predicted octanol–water partition coefficient (Wildman–Crippen LogP) is -0.207. The summed E-state index contributed by atoms with van der Waals surface area (Å²) in [7, 11) is 0. The molecule has 0 aliphatic carbocycles. The molecule has 6 heteroatoms. The first-order valence-corrected chi connectivity index (χ1v) is 4.73. The topological polar surface area (TPSA) is 101 Å². The first-order valence-electron chi connectivity index (χ1n) is 4.73. The minimum Gasteiger partial charge on any atom is -0.368 e. The van der Waals surface area contributed by atoms with E-state index in [1.54, 1.807) is 0 Å². The Morgan fingerprint density at radius 1 is 1.67 bits per heavy atom. The highest BCUT2D eigenvalue weighted by Crippen LogP contribution is 1.98. The van der Waals surface area contributed by atoms with Gasteiger partial charge in [0.05, 0.1) is 12.5 Å². The summed E-state index contributed by atoms with van der Waals surface area (Å²) in [4.78, 5) is 28.8. The zero-order chi connectivity index (χ0) is 11.3. The molecular formula is C9H14N4O2. The molecule has 0 spiro atoms. The summed E-state index contributed by atoms with van der Waals surface area (Å²) in [6.45, 7) is 1.91. The van der Waals surface area contributed by atoms with Gasteiger partial charge < -0.3 is 16.0 Å². The number of rotatable bonds is 5. The second kappa shape index (κ2) is 5.14. The number of hydrogen-bond acceptors (Lipinski definition) is 3. The summed E-state index contributed by atoms with van der Waals surface area (Å²) in [5.41, 5.74) is 5.46. The number of imidazole rings is 1. The SMILES string of the molecule is CCC[C@H](NC(=O)c1cnc[nH]1)C(N)=O. The van der Waals surface area contributed by atoms with Gasteiger partial charge in [0.15, 0.2) is 0 Å². The normalized spacial score (nSPS) is 12.1. The number of hydrogen-bond donors (Lipinski definition) is 3. The molecule has 0 aliphatic rings. The number of primary amides is 1. The molecule has 6 nitrogen and oxygen atoms in total. The van der Waals surface area contributed by atoms with Crippen LogP contribution in [0.1, 0.15) is 30.3 Å². The minimum absolute atomic E-state index is 0.317. The van der Waals surface area contributed by atoms with Crippen molar-refractivity contribution in [2.24, 2.45) is 5.73 Å². The molecule has 4 N–H and O–H groups in total. The number of carbonyl (C=O) groups excluding carboxylic acids is 2. The van der Waals surface area contributed by atoms with Crippen LogP contribution >= 0.6 is 0 Å². The van der Waals surface area contributed by atoms with E-state index in [1.165, 1.54) is 12.5 Å². The van der Waals surface area contributed by atoms with E-state index in [1.807, 2.05) is 6.92 Å². The van der Waals surface area contributed by atoms with Gasteiger partial charge >= 0.3 is 0 Å². The second-order valence-corrected chi connectivity index (χ2v) is 3.18. The van der Waals surface area contributed by atoms with E-state index in [9.17, 15) is 9.59 Å². The lowest BCUT2D eigenvalue weighted by atomic mass is 10.1. The molecule has 0 aromatic carbocycles. The molecule has 0 radical (unpaired) electrons. The van der Waals surface area contributed by atoms with Crippen molar-refractivity contribution in [1.29, 1.82) is 0 Å². The average molecular weight is 210 g/mol. The van der Waals surface area contributed by atoms with Gasteiger partial charge in [-0.1, -0.05) is 13.3 Å². The third-order valence-corrected chi connectivity index (χ3v) is 1.97. The lowest BCUT2D eigenvalue weighted by Crippen LogP contribution is -2.44. The van der Waals surface area contributed by atoms with Crippen molar-refractivity contribution in [3.05, 3.63) is 18.2 Å². The quantitative estimate of drug-likeness (QED) is 0.627. The predicted molar refractivity (Wildman–Crippen MR) is 53.9 cm³/mol. The Morgan fingerprint density at radius 3 is 2.87 bits per heavy atom. The summed E-state index contributed by atoms with van der Waals surface area (Å²) in [6.07, 6.45) is 4.10. The van der Waals surface area contributed by atoms with E-state index in [0.717, 1.165) is 6.42 Å². The number of amides is 2. The van der Waals surface area contributed by atoms with E-state index in [-0.39, 0.29) is 5.91 Å². The van der Waals surface area contributed by atoms with Crippen molar-refractivity contribution in [3.8, 4) is 0 Å². The molecule has 0 saturated carbocycles. The van der Waals surface area contributed by atoms with Gasteiger partial charge in [0, 0.05) is 0 Å². The molecule has 1 heterocycles. The number of H-pyrrole nitrogens is 1. The highest BCUT2D eigenvalue weighted by molar-refractivity contribution is 5.95. The molecule has 2 amide bonds. The smallest absolute Gasteiger partial charge is 0.269 e. The number of nitrogens with one attached hydrogen (secondary N) is 2. The van der Waals surface area contributed by atoms with Crippen molar-refractivity contribution < 1.29 is 9.59 Å². The number of aromatic nitrogens is 2. The average Bonchev–Trinajstić information content (AvgIpc) is 2.69. The van der Waals surface area contributed by atoms with Crippen LogP contribution in [0.25, 0.3) is 0 Å². The van der Waals surface area contributed by atoms with E-state index in [4.69, 9.17) is 5.73 Å². The van der Waals surface area contributed by atoms with Gasteiger partial charge in [-0.15, -0.1) is 0 Å². The lowest BCUT2D eigenvalue weighted by Gasteiger charge is -2.13. The van der Waals surface area contributed by atoms with Crippen LogP contribution in [-0.2, 0) is 4.79 Å². The first kappa shape index (κ1) is 11.2. The molecule has 15 heavy (non-hydrogen) atoms. The summed E-state index contributed by atoms with van der Waals surface area (Å²) in [5.74, 6) is -0.894. The Kier molecular flexibility index (Phi) is 3.84. The highest BCUT2D eigenvalue weighted by Gasteiger charge is 2.18. The molecule has 1 atom stereocenters. The van der Waals surface area contributed by atoms with Crippen LogP contribution in [0.2, 0.25) is 0 Å². The Hall–Kier alpha value is -1.85. The molecule has 0 fully saturated rings. The molecule has 0 saturated heterocycles.